The third-order valence-corrected chi connectivity index (χ3v) is 5.50. The summed E-state index contributed by atoms with van der Waals surface area (Å²) in [5, 5.41) is 4.00. The number of aromatic nitrogens is 1. The van der Waals surface area contributed by atoms with Gasteiger partial charge < -0.3 is 10.1 Å². The Morgan fingerprint density at radius 2 is 1.92 bits per heavy atom. The van der Waals surface area contributed by atoms with Crippen molar-refractivity contribution in [2.45, 2.75) is 52.2 Å². The second-order valence-electron chi connectivity index (χ2n) is 7.32. The molecule has 3 rings (SSSR count). The lowest BCUT2D eigenvalue weighted by atomic mass is 9.78. The van der Waals surface area contributed by atoms with Gasteiger partial charge in [-0.05, 0) is 37.3 Å². The summed E-state index contributed by atoms with van der Waals surface area (Å²) in [5.74, 6) is 0.194. The van der Waals surface area contributed by atoms with Crippen molar-refractivity contribution in [3.05, 3.63) is 42.1 Å². The Hall–Kier alpha value is -2.43. The van der Waals surface area contributed by atoms with E-state index in [0.29, 0.717) is 11.8 Å². The van der Waals surface area contributed by atoms with Gasteiger partial charge >= 0.3 is 5.97 Å². The average Bonchev–Trinajstić information content (AvgIpc) is 2.64. The molecule has 0 bridgehead atoms. The summed E-state index contributed by atoms with van der Waals surface area (Å²) in [6, 6.07) is 11.2. The quantitative estimate of drug-likeness (QED) is 0.850. The van der Waals surface area contributed by atoms with Crippen molar-refractivity contribution >= 4 is 22.8 Å². The Balaban J connectivity index is 1.61. The van der Waals surface area contributed by atoms with E-state index in [1.807, 2.05) is 30.3 Å². The number of fused-ring (bicyclic) bond motifs is 1. The first-order valence-corrected chi connectivity index (χ1v) is 9.33. The number of amides is 1. The molecule has 1 aromatic carbocycles. The van der Waals surface area contributed by atoms with Crippen LogP contribution in [-0.2, 0) is 9.53 Å². The molecule has 2 aromatic rings. The fraction of sp³-hybridized carbons (Fsp3) is 0.476. The van der Waals surface area contributed by atoms with Crippen LogP contribution in [0.3, 0.4) is 0 Å². The van der Waals surface area contributed by atoms with Gasteiger partial charge in [0.25, 0.3) is 5.91 Å². The number of hydrogen-bond donors (Lipinski definition) is 1. The molecule has 4 atom stereocenters. The summed E-state index contributed by atoms with van der Waals surface area (Å²) < 4.78 is 5.34. The van der Waals surface area contributed by atoms with E-state index in [1.165, 1.54) is 6.42 Å². The lowest BCUT2D eigenvalue weighted by molar-refractivity contribution is -0.130. The van der Waals surface area contributed by atoms with Crippen LogP contribution in [-0.4, -0.2) is 29.0 Å². The molecule has 1 fully saturated rings. The topological polar surface area (TPSA) is 68.3 Å². The fourth-order valence-corrected chi connectivity index (χ4v) is 3.54. The van der Waals surface area contributed by atoms with Crippen LogP contribution in [0, 0.1) is 11.8 Å². The number of hydrogen-bond acceptors (Lipinski definition) is 4. The van der Waals surface area contributed by atoms with E-state index in [2.05, 4.69) is 24.1 Å². The Labute approximate surface area is 154 Å². The molecule has 1 aromatic heterocycles. The zero-order valence-electron chi connectivity index (χ0n) is 15.6. The van der Waals surface area contributed by atoms with Gasteiger partial charge in [0.1, 0.15) is 5.69 Å². The monoisotopic (exact) mass is 354 g/mol. The minimum atomic E-state index is -0.847. The molecule has 1 N–H and O–H groups in total. The van der Waals surface area contributed by atoms with E-state index in [1.54, 1.807) is 13.0 Å². The van der Waals surface area contributed by atoms with Crippen LogP contribution in [0.25, 0.3) is 10.9 Å². The van der Waals surface area contributed by atoms with Crippen molar-refractivity contribution < 1.29 is 14.3 Å². The molecule has 0 spiro atoms. The first kappa shape index (κ1) is 18.4. The highest BCUT2D eigenvalue weighted by Gasteiger charge is 2.30. The van der Waals surface area contributed by atoms with Crippen molar-refractivity contribution in [2.75, 3.05) is 0 Å². The van der Waals surface area contributed by atoms with Crippen molar-refractivity contribution in [3.63, 3.8) is 0 Å². The van der Waals surface area contributed by atoms with Gasteiger partial charge in [0.2, 0.25) is 0 Å². The number of pyridine rings is 1. The van der Waals surface area contributed by atoms with Gasteiger partial charge in [-0.3, -0.25) is 4.79 Å². The minimum Gasteiger partial charge on any atom is -0.448 e. The fourth-order valence-electron chi connectivity index (χ4n) is 3.54. The molecule has 1 heterocycles. The van der Waals surface area contributed by atoms with Gasteiger partial charge in [0.15, 0.2) is 6.10 Å². The predicted molar refractivity (Wildman–Crippen MR) is 101 cm³/mol. The Kier molecular flexibility index (Phi) is 5.55. The largest absolute Gasteiger partial charge is 0.448 e. The summed E-state index contributed by atoms with van der Waals surface area (Å²) >= 11 is 0. The number of para-hydroxylation sites is 1. The summed E-state index contributed by atoms with van der Waals surface area (Å²) in [5.41, 5.74) is 0.937. The minimum absolute atomic E-state index is 0.145. The second kappa shape index (κ2) is 7.85. The highest BCUT2D eigenvalue weighted by atomic mass is 16.5. The first-order valence-electron chi connectivity index (χ1n) is 9.33. The average molecular weight is 354 g/mol. The molecule has 1 aliphatic rings. The van der Waals surface area contributed by atoms with Gasteiger partial charge in [-0.15, -0.1) is 0 Å². The molecule has 1 amide bonds. The molecule has 0 saturated heterocycles. The zero-order chi connectivity index (χ0) is 18.7. The maximum atomic E-state index is 12.4. The normalized spacial score (nSPS) is 24.0. The number of carbonyl (C=O) groups excluding carboxylic acids is 2. The number of ether oxygens (including phenoxy) is 1. The molecule has 26 heavy (non-hydrogen) atoms. The van der Waals surface area contributed by atoms with E-state index in [9.17, 15) is 9.59 Å². The molecule has 5 nitrogen and oxygen atoms in total. The highest BCUT2D eigenvalue weighted by molar-refractivity contribution is 5.93. The number of benzene rings is 1. The van der Waals surface area contributed by atoms with Crippen LogP contribution in [0.2, 0.25) is 0 Å². The number of esters is 1. The number of carbonyl (C=O) groups is 2. The Morgan fingerprint density at radius 1 is 1.15 bits per heavy atom. The lowest BCUT2D eigenvalue weighted by Gasteiger charge is -2.35. The van der Waals surface area contributed by atoms with Gasteiger partial charge in [0.05, 0.1) is 5.52 Å². The van der Waals surface area contributed by atoms with Crippen LogP contribution >= 0.6 is 0 Å². The van der Waals surface area contributed by atoms with E-state index in [-0.39, 0.29) is 17.6 Å². The summed E-state index contributed by atoms with van der Waals surface area (Å²) in [4.78, 5) is 29.1. The van der Waals surface area contributed by atoms with E-state index >= 15 is 0 Å². The second-order valence-corrected chi connectivity index (χ2v) is 7.32. The summed E-state index contributed by atoms with van der Waals surface area (Å²) in [6.45, 7) is 5.99. The lowest BCUT2D eigenvalue weighted by Crippen LogP contribution is -2.47. The summed E-state index contributed by atoms with van der Waals surface area (Å²) in [7, 11) is 0. The number of nitrogens with zero attached hydrogens (tertiary/aromatic N) is 1. The standard InChI is InChI=1S/C21H26N2O3/c1-13-7-6-10-17(14(13)2)23-20(24)15(3)26-21(25)19-12-11-16-8-4-5-9-18(16)22-19/h4-5,8-9,11-15,17H,6-7,10H2,1-3H3,(H,23,24)/t13-,14-,15-,17-/m1/s1. The highest BCUT2D eigenvalue weighted by Crippen LogP contribution is 2.29. The maximum Gasteiger partial charge on any atom is 0.357 e. The van der Waals surface area contributed by atoms with Crippen molar-refractivity contribution in [2.24, 2.45) is 11.8 Å². The Morgan fingerprint density at radius 3 is 2.73 bits per heavy atom. The zero-order valence-corrected chi connectivity index (χ0v) is 15.6. The van der Waals surface area contributed by atoms with E-state index in [4.69, 9.17) is 4.74 Å². The molecule has 1 aliphatic carbocycles. The van der Waals surface area contributed by atoms with Crippen LogP contribution in [0.5, 0.6) is 0 Å². The maximum absolute atomic E-state index is 12.4. The van der Waals surface area contributed by atoms with Crippen LogP contribution in [0.15, 0.2) is 36.4 Å². The number of nitrogens with one attached hydrogen (secondary N) is 1. The predicted octanol–water partition coefficient (Wildman–Crippen LogP) is 3.72. The molecule has 1 saturated carbocycles. The first-order chi connectivity index (χ1) is 12.5. The SMILES string of the molecule is C[C@@H]1[C@H](C)CCC[C@H]1NC(=O)[C@@H](C)OC(=O)c1ccc2ccccc2n1. The van der Waals surface area contributed by atoms with Crippen LogP contribution in [0.4, 0.5) is 0 Å². The third kappa shape index (κ3) is 4.03. The van der Waals surface area contributed by atoms with Gasteiger partial charge in [-0.2, -0.15) is 0 Å². The van der Waals surface area contributed by atoms with Crippen molar-refractivity contribution in [1.82, 2.24) is 10.3 Å². The van der Waals surface area contributed by atoms with Gasteiger partial charge in [-0.25, -0.2) is 9.78 Å². The molecule has 138 valence electrons. The molecular formula is C21H26N2O3. The molecule has 0 unspecified atom stereocenters. The number of rotatable bonds is 4. The molecule has 0 radical (unpaired) electrons. The van der Waals surface area contributed by atoms with Crippen LogP contribution < -0.4 is 5.32 Å². The van der Waals surface area contributed by atoms with Crippen LogP contribution in [0.1, 0.15) is 50.5 Å². The van der Waals surface area contributed by atoms with Gasteiger partial charge in [-0.1, -0.05) is 51.0 Å². The molecule has 0 aliphatic heterocycles. The van der Waals surface area contributed by atoms with Crippen molar-refractivity contribution in [1.29, 1.82) is 0 Å². The summed E-state index contributed by atoms with van der Waals surface area (Å²) in [6.07, 6.45) is 2.45. The van der Waals surface area contributed by atoms with E-state index < -0.39 is 12.1 Å². The van der Waals surface area contributed by atoms with E-state index in [0.717, 1.165) is 23.7 Å². The van der Waals surface area contributed by atoms with Crippen molar-refractivity contribution in [3.8, 4) is 0 Å². The Bertz CT molecular complexity index is 805. The molecular weight excluding hydrogens is 328 g/mol. The van der Waals surface area contributed by atoms with Gasteiger partial charge in [0, 0.05) is 11.4 Å². The third-order valence-electron chi connectivity index (χ3n) is 5.50. The molecule has 5 heteroatoms. The smallest absolute Gasteiger partial charge is 0.357 e.